The minimum absolute atomic E-state index is 0.0383. The largest absolute Gasteiger partial charge is 0.490 e. The monoisotopic (exact) mass is 260 g/mol. The molecule has 5 nitrogen and oxygen atoms in total. The van der Waals surface area contributed by atoms with Crippen molar-refractivity contribution in [1.29, 1.82) is 5.26 Å². The van der Waals surface area contributed by atoms with Crippen molar-refractivity contribution in [2.24, 2.45) is 0 Å². The van der Waals surface area contributed by atoms with Crippen LogP contribution < -0.4 is 4.74 Å². The van der Waals surface area contributed by atoms with Gasteiger partial charge in [-0.2, -0.15) is 5.26 Å². The summed E-state index contributed by atoms with van der Waals surface area (Å²) in [7, 11) is 0. The molecule has 1 fully saturated rings. The van der Waals surface area contributed by atoms with Crippen molar-refractivity contribution < 1.29 is 14.3 Å². The first-order valence-corrected chi connectivity index (χ1v) is 6.24. The fourth-order valence-corrected chi connectivity index (χ4v) is 2.05. The van der Waals surface area contributed by atoms with Crippen LogP contribution in [0.1, 0.15) is 19.4 Å². The zero-order valence-electron chi connectivity index (χ0n) is 11.0. The first-order chi connectivity index (χ1) is 9.15. The van der Waals surface area contributed by atoms with Crippen molar-refractivity contribution in [3.05, 3.63) is 29.8 Å². The van der Waals surface area contributed by atoms with Crippen molar-refractivity contribution in [2.75, 3.05) is 13.2 Å². The zero-order valence-corrected chi connectivity index (χ0v) is 11.0. The number of nitrogens with zero attached hydrogens (tertiary/aromatic N) is 2. The van der Waals surface area contributed by atoms with Crippen molar-refractivity contribution in [2.45, 2.75) is 26.2 Å². The molecule has 1 aliphatic rings. The van der Waals surface area contributed by atoms with Gasteiger partial charge in [-0.3, -0.25) is 4.79 Å². The van der Waals surface area contributed by atoms with E-state index in [1.165, 1.54) is 0 Å². The lowest BCUT2D eigenvalue weighted by atomic mass is 10.2. The van der Waals surface area contributed by atoms with E-state index in [1.54, 1.807) is 29.2 Å². The minimum Gasteiger partial charge on any atom is -0.490 e. The molecule has 1 aromatic rings. The van der Waals surface area contributed by atoms with Gasteiger partial charge in [-0.25, -0.2) is 0 Å². The number of nitriles is 1. The topological polar surface area (TPSA) is 62.6 Å². The van der Waals surface area contributed by atoms with Crippen LogP contribution in [0.3, 0.4) is 0 Å². The van der Waals surface area contributed by atoms with Gasteiger partial charge in [-0.1, -0.05) is 0 Å². The Labute approximate surface area is 112 Å². The summed E-state index contributed by atoms with van der Waals surface area (Å²) < 4.78 is 11.1. The van der Waals surface area contributed by atoms with E-state index in [4.69, 9.17) is 14.7 Å². The summed E-state index contributed by atoms with van der Waals surface area (Å²) in [5, 5.41) is 8.69. The normalized spacial score (nSPS) is 22.4. The number of carbonyl (C=O) groups excluding carboxylic acids is 1. The molecule has 0 radical (unpaired) electrons. The number of rotatable bonds is 4. The van der Waals surface area contributed by atoms with Gasteiger partial charge >= 0.3 is 0 Å². The van der Waals surface area contributed by atoms with Crippen LogP contribution in [0.15, 0.2) is 24.3 Å². The Morgan fingerprint density at radius 1 is 1.42 bits per heavy atom. The molecule has 0 aromatic heterocycles. The molecule has 1 amide bonds. The number of carbonyl (C=O) groups is 1. The van der Waals surface area contributed by atoms with Crippen LogP contribution in [0.2, 0.25) is 0 Å². The van der Waals surface area contributed by atoms with Crippen LogP contribution in [-0.4, -0.2) is 36.3 Å². The molecule has 1 aromatic carbocycles. The van der Waals surface area contributed by atoms with E-state index in [2.05, 4.69) is 0 Å². The molecule has 1 aliphatic heterocycles. The van der Waals surface area contributed by atoms with Crippen LogP contribution in [-0.2, 0) is 9.53 Å². The Bertz CT molecular complexity index is 492. The molecular formula is C14H16N2O3. The Morgan fingerprint density at radius 3 is 2.63 bits per heavy atom. The highest BCUT2D eigenvalue weighted by atomic mass is 16.6. The number of ether oxygens (including phenoxy) is 2. The highest BCUT2D eigenvalue weighted by Gasteiger charge is 2.37. The van der Waals surface area contributed by atoms with Crippen molar-refractivity contribution in [3.8, 4) is 11.8 Å². The molecule has 2 rings (SSSR count). The van der Waals surface area contributed by atoms with Gasteiger partial charge in [0, 0.05) is 6.54 Å². The average Bonchev–Trinajstić information content (AvgIpc) is 2.71. The maximum absolute atomic E-state index is 11.9. The molecule has 1 heterocycles. The van der Waals surface area contributed by atoms with E-state index in [1.807, 2.05) is 19.9 Å². The Balaban J connectivity index is 1.92. The predicted octanol–water partition coefficient (Wildman–Crippen LogP) is 1.53. The van der Waals surface area contributed by atoms with E-state index in [0.29, 0.717) is 17.9 Å². The number of amides is 1. The second kappa shape index (κ2) is 5.72. The first kappa shape index (κ1) is 13.4. The van der Waals surface area contributed by atoms with E-state index in [-0.39, 0.29) is 18.7 Å². The standard InChI is InChI=1S/C14H16N2O3/c1-3-16-10(2)19-13(14(16)17)9-18-12-6-4-11(8-15)5-7-12/h4-7,10,13H,3,9H2,1-2H3. The molecule has 19 heavy (non-hydrogen) atoms. The molecule has 0 bridgehead atoms. The SMILES string of the molecule is CCN1C(=O)C(COc2ccc(C#N)cc2)OC1C. The third kappa shape index (κ3) is 2.85. The van der Waals surface area contributed by atoms with Gasteiger partial charge in [0.15, 0.2) is 6.10 Å². The summed E-state index contributed by atoms with van der Waals surface area (Å²) in [6.45, 7) is 4.59. The zero-order chi connectivity index (χ0) is 13.8. The van der Waals surface area contributed by atoms with Crippen LogP contribution in [0.5, 0.6) is 5.75 Å². The summed E-state index contributed by atoms with van der Waals surface area (Å²) in [6.07, 6.45) is -0.752. The number of hydrogen-bond acceptors (Lipinski definition) is 4. The van der Waals surface area contributed by atoms with Crippen LogP contribution in [0.25, 0.3) is 0 Å². The lowest BCUT2D eigenvalue weighted by Crippen LogP contribution is -2.34. The fraction of sp³-hybridized carbons (Fsp3) is 0.429. The molecular weight excluding hydrogens is 244 g/mol. The van der Waals surface area contributed by atoms with E-state index >= 15 is 0 Å². The second-order valence-corrected chi connectivity index (χ2v) is 4.30. The molecule has 1 saturated heterocycles. The smallest absolute Gasteiger partial charge is 0.257 e. The maximum Gasteiger partial charge on any atom is 0.257 e. The van der Waals surface area contributed by atoms with E-state index in [0.717, 1.165) is 0 Å². The highest BCUT2D eigenvalue weighted by molar-refractivity contribution is 5.82. The van der Waals surface area contributed by atoms with Crippen LogP contribution in [0.4, 0.5) is 0 Å². The van der Waals surface area contributed by atoms with Gasteiger partial charge in [0.2, 0.25) is 0 Å². The van der Waals surface area contributed by atoms with Crippen molar-refractivity contribution in [1.82, 2.24) is 4.90 Å². The molecule has 100 valence electrons. The third-order valence-electron chi connectivity index (χ3n) is 3.08. The molecule has 2 atom stereocenters. The Morgan fingerprint density at radius 2 is 2.11 bits per heavy atom. The van der Waals surface area contributed by atoms with Gasteiger partial charge in [0.25, 0.3) is 5.91 Å². The van der Waals surface area contributed by atoms with E-state index < -0.39 is 6.10 Å². The van der Waals surface area contributed by atoms with Crippen LogP contribution >= 0.6 is 0 Å². The van der Waals surface area contributed by atoms with Gasteiger partial charge in [-0.15, -0.1) is 0 Å². The van der Waals surface area contributed by atoms with Gasteiger partial charge in [-0.05, 0) is 38.1 Å². The summed E-state index contributed by atoms with van der Waals surface area (Å²) >= 11 is 0. The highest BCUT2D eigenvalue weighted by Crippen LogP contribution is 2.19. The van der Waals surface area contributed by atoms with Gasteiger partial charge in [0.05, 0.1) is 11.6 Å². The quantitative estimate of drug-likeness (QED) is 0.823. The van der Waals surface area contributed by atoms with Crippen molar-refractivity contribution in [3.63, 3.8) is 0 Å². The maximum atomic E-state index is 11.9. The second-order valence-electron chi connectivity index (χ2n) is 4.30. The van der Waals surface area contributed by atoms with Gasteiger partial charge in [0.1, 0.15) is 18.6 Å². The molecule has 0 aliphatic carbocycles. The van der Waals surface area contributed by atoms with Gasteiger partial charge < -0.3 is 14.4 Å². The van der Waals surface area contributed by atoms with Crippen LogP contribution in [0, 0.1) is 11.3 Å². The average molecular weight is 260 g/mol. The summed E-state index contributed by atoms with van der Waals surface area (Å²) in [6, 6.07) is 8.80. The summed E-state index contributed by atoms with van der Waals surface area (Å²) in [5.74, 6) is 0.585. The first-order valence-electron chi connectivity index (χ1n) is 6.24. The lowest BCUT2D eigenvalue weighted by Gasteiger charge is -2.16. The van der Waals surface area contributed by atoms with E-state index in [9.17, 15) is 4.79 Å². The molecule has 0 N–H and O–H groups in total. The molecule has 0 saturated carbocycles. The Kier molecular flexibility index (Phi) is 4.03. The lowest BCUT2D eigenvalue weighted by molar-refractivity contribution is -0.130. The summed E-state index contributed by atoms with van der Waals surface area (Å²) in [5.41, 5.74) is 0.575. The Hall–Kier alpha value is -2.06. The number of likely N-dealkylation sites (N-methyl/N-ethyl adjacent to an activating group) is 1. The summed E-state index contributed by atoms with van der Waals surface area (Å²) in [4.78, 5) is 13.6. The number of hydrogen-bond donors (Lipinski definition) is 0. The molecule has 5 heteroatoms. The number of benzene rings is 1. The van der Waals surface area contributed by atoms with Crippen molar-refractivity contribution >= 4 is 5.91 Å². The fourth-order valence-electron chi connectivity index (χ4n) is 2.05. The minimum atomic E-state index is -0.550. The molecule has 0 spiro atoms. The predicted molar refractivity (Wildman–Crippen MR) is 68.4 cm³/mol. The molecule has 2 unspecified atom stereocenters. The third-order valence-corrected chi connectivity index (χ3v) is 3.08.